The van der Waals surface area contributed by atoms with Crippen molar-refractivity contribution in [3.8, 4) is 0 Å². The Morgan fingerprint density at radius 3 is 2.58 bits per heavy atom. The molecule has 4 nitrogen and oxygen atoms in total. The van der Waals surface area contributed by atoms with Gasteiger partial charge in [0.15, 0.2) is 5.96 Å². The van der Waals surface area contributed by atoms with Gasteiger partial charge in [0.2, 0.25) is 0 Å². The summed E-state index contributed by atoms with van der Waals surface area (Å²) in [5.41, 5.74) is 3.23. The number of nitrogens with zero attached hydrogens (tertiary/aromatic N) is 2. The summed E-state index contributed by atoms with van der Waals surface area (Å²) in [4.78, 5) is 8.72. The molecule has 0 amide bonds. The second kappa shape index (κ2) is 8.94. The van der Waals surface area contributed by atoms with Gasteiger partial charge in [-0.3, -0.25) is 9.98 Å². The first-order chi connectivity index (χ1) is 12.8. The largest absolute Gasteiger partial charge is 0.356 e. The molecule has 0 atom stereocenters. The average molecular weight is 350 g/mol. The van der Waals surface area contributed by atoms with Crippen LogP contribution in [-0.4, -0.2) is 31.1 Å². The molecule has 2 aromatic carbocycles. The number of hydrogen-bond donors (Lipinski definition) is 2. The minimum Gasteiger partial charge on any atom is -0.356 e. The molecule has 2 N–H and O–H groups in total. The van der Waals surface area contributed by atoms with Gasteiger partial charge >= 0.3 is 0 Å². The highest BCUT2D eigenvalue weighted by molar-refractivity contribution is 5.82. The molecule has 5 heteroatoms. The lowest BCUT2D eigenvalue weighted by Crippen LogP contribution is -2.39. The molecule has 134 valence electrons. The maximum Gasteiger partial charge on any atom is 0.190 e. The zero-order chi connectivity index (χ0) is 18.2. The van der Waals surface area contributed by atoms with E-state index >= 15 is 0 Å². The van der Waals surface area contributed by atoms with Crippen LogP contribution < -0.4 is 10.6 Å². The van der Waals surface area contributed by atoms with Crippen molar-refractivity contribution in [2.24, 2.45) is 4.99 Å². The molecule has 0 unspecified atom stereocenters. The van der Waals surface area contributed by atoms with Gasteiger partial charge in [-0.05, 0) is 42.2 Å². The van der Waals surface area contributed by atoms with Gasteiger partial charge in [0.1, 0.15) is 5.82 Å². The number of pyridine rings is 1. The van der Waals surface area contributed by atoms with E-state index < -0.39 is 0 Å². The number of hydrogen-bond acceptors (Lipinski definition) is 2. The van der Waals surface area contributed by atoms with E-state index in [0.29, 0.717) is 6.54 Å². The molecule has 0 bridgehead atoms. The summed E-state index contributed by atoms with van der Waals surface area (Å²) in [6.45, 7) is 1.45. The van der Waals surface area contributed by atoms with Crippen molar-refractivity contribution in [3.05, 3.63) is 77.7 Å². The number of halogens is 1. The highest BCUT2D eigenvalue weighted by Gasteiger charge is 2.03. The van der Waals surface area contributed by atoms with E-state index in [1.165, 1.54) is 11.6 Å². The minimum atomic E-state index is -0.200. The van der Waals surface area contributed by atoms with Crippen molar-refractivity contribution in [2.45, 2.75) is 12.8 Å². The van der Waals surface area contributed by atoms with Crippen molar-refractivity contribution in [1.29, 1.82) is 0 Å². The molecule has 26 heavy (non-hydrogen) atoms. The number of benzene rings is 2. The van der Waals surface area contributed by atoms with E-state index in [9.17, 15) is 4.39 Å². The van der Waals surface area contributed by atoms with E-state index in [2.05, 4.69) is 44.9 Å². The first kappa shape index (κ1) is 17.9. The maximum atomic E-state index is 13.2. The zero-order valence-electron chi connectivity index (χ0n) is 14.9. The smallest absolute Gasteiger partial charge is 0.190 e. The summed E-state index contributed by atoms with van der Waals surface area (Å²) >= 11 is 0. The molecule has 0 aliphatic carbocycles. The SMILES string of the molecule is CN=C(NCCc1cccc(F)c1)NCCc1cccc2cccnc12. The molecule has 0 saturated heterocycles. The van der Waals surface area contributed by atoms with Crippen LogP contribution in [0.2, 0.25) is 0 Å². The number of aromatic nitrogens is 1. The number of fused-ring (bicyclic) bond motifs is 1. The quantitative estimate of drug-likeness (QED) is 0.530. The van der Waals surface area contributed by atoms with Crippen molar-refractivity contribution >= 4 is 16.9 Å². The van der Waals surface area contributed by atoms with Crippen LogP contribution in [-0.2, 0) is 12.8 Å². The van der Waals surface area contributed by atoms with Crippen LogP contribution >= 0.6 is 0 Å². The van der Waals surface area contributed by atoms with Gasteiger partial charge in [0.25, 0.3) is 0 Å². The first-order valence-electron chi connectivity index (χ1n) is 8.78. The van der Waals surface area contributed by atoms with Crippen LogP contribution in [0.4, 0.5) is 4.39 Å². The van der Waals surface area contributed by atoms with Gasteiger partial charge in [-0.2, -0.15) is 0 Å². The molecule has 0 aliphatic heterocycles. The third kappa shape index (κ3) is 4.79. The van der Waals surface area contributed by atoms with Crippen LogP contribution in [0.5, 0.6) is 0 Å². The van der Waals surface area contributed by atoms with Crippen molar-refractivity contribution in [1.82, 2.24) is 15.6 Å². The second-order valence-corrected chi connectivity index (χ2v) is 6.05. The number of aliphatic imine (C=N–C) groups is 1. The Balaban J connectivity index is 1.48. The Morgan fingerprint density at radius 2 is 1.77 bits per heavy atom. The van der Waals surface area contributed by atoms with Crippen LogP contribution in [0.25, 0.3) is 10.9 Å². The van der Waals surface area contributed by atoms with Gasteiger partial charge in [0.05, 0.1) is 5.52 Å². The Bertz CT molecular complexity index is 887. The van der Waals surface area contributed by atoms with E-state index in [-0.39, 0.29) is 5.82 Å². The number of nitrogens with one attached hydrogen (secondary N) is 2. The van der Waals surface area contributed by atoms with Gasteiger partial charge in [-0.1, -0.05) is 36.4 Å². The summed E-state index contributed by atoms with van der Waals surface area (Å²) in [6, 6.07) is 16.9. The van der Waals surface area contributed by atoms with E-state index in [1.807, 2.05) is 18.3 Å². The van der Waals surface area contributed by atoms with E-state index in [1.54, 1.807) is 19.2 Å². The van der Waals surface area contributed by atoms with Gasteiger partial charge < -0.3 is 10.6 Å². The van der Waals surface area contributed by atoms with Crippen LogP contribution in [0.1, 0.15) is 11.1 Å². The molecule has 0 fully saturated rings. The fourth-order valence-electron chi connectivity index (χ4n) is 2.92. The normalized spacial score (nSPS) is 11.5. The van der Waals surface area contributed by atoms with Gasteiger partial charge in [-0.25, -0.2) is 4.39 Å². The van der Waals surface area contributed by atoms with Gasteiger partial charge in [0, 0.05) is 31.7 Å². The molecule has 0 saturated carbocycles. The number of para-hydroxylation sites is 1. The number of rotatable bonds is 6. The van der Waals surface area contributed by atoms with Crippen LogP contribution in [0.15, 0.2) is 65.8 Å². The Hall–Kier alpha value is -2.95. The molecule has 1 aromatic heterocycles. The van der Waals surface area contributed by atoms with E-state index in [4.69, 9.17) is 0 Å². The molecule has 0 radical (unpaired) electrons. The van der Waals surface area contributed by atoms with E-state index in [0.717, 1.165) is 41.8 Å². The lowest BCUT2D eigenvalue weighted by molar-refractivity contribution is 0.625. The van der Waals surface area contributed by atoms with Crippen LogP contribution in [0.3, 0.4) is 0 Å². The summed E-state index contributed by atoms with van der Waals surface area (Å²) in [5.74, 6) is 0.545. The monoisotopic (exact) mass is 350 g/mol. The average Bonchev–Trinajstić information content (AvgIpc) is 2.67. The Kier molecular flexibility index (Phi) is 6.14. The summed E-state index contributed by atoms with van der Waals surface area (Å²) in [5, 5.41) is 7.73. The fraction of sp³-hybridized carbons (Fsp3) is 0.238. The third-order valence-electron chi connectivity index (χ3n) is 4.22. The topological polar surface area (TPSA) is 49.3 Å². The Morgan fingerprint density at radius 1 is 1.00 bits per heavy atom. The Labute approximate surface area is 153 Å². The van der Waals surface area contributed by atoms with Crippen molar-refractivity contribution < 1.29 is 4.39 Å². The lowest BCUT2D eigenvalue weighted by atomic mass is 10.1. The maximum absolute atomic E-state index is 13.2. The zero-order valence-corrected chi connectivity index (χ0v) is 14.9. The third-order valence-corrected chi connectivity index (χ3v) is 4.22. The molecule has 1 heterocycles. The van der Waals surface area contributed by atoms with Gasteiger partial charge in [-0.15, -0.1) is 0 Å². The first-order valence-corrected chi connectivity index (χ1v) is 8.78. The fourth-order valence-corrected chi connectivity index (χ4v) is 2.92. The molecule has 0 aliphatic rings. The molecule has 3 aromatic rings. The van der Waals surface area contributed by atoms with Crippen molar-refractivity contribution in [2.75, 3.05) is 20.1 Å². The minimum absolute atomic E-state index is 0.200. The summed E-state index contributed by atoms with van der Waals surface area (Å²) in [7, 11) is 1.75. The predicted molar refractivity (Wildman–Crippen MR) is 105 cm³/mol. The molecule has 3 rings (SSSR count). The standard InChI is InChI=1S/C21H23FN4/c1-23-21(25-13-10-16-5-2-9-19(22)15-16)26-14-11-18-7-3-6-17-8-4-12-24-20(17)18/h2-9,12,15H,10-11,13-14H2,1H3,(H2,23,25,26). The molecular formula is C21H23FN4. The molecular weight excluding hydrogens is 327 g/mol. The summed E-state index contributed by atoms with van der Waals surface area (Å²) in [6.07, 6.45) is 3.43. The highest BCUT2D eigenvalue weighted by atomic mass is 19.1. The summed E-state index contributed by atoms with van der Waals surface area (Å²) < 4.78 is 13.2. The predicted octanol–water partition coefficient (Wildman–Crippen LogP) is 3.32. The lowest BCUT2D eigenvalue weighted by Gasteiger charge is -2.12. The molecule has 0 spiro atoms. The second-order valence-electron chi connectivity index (χ2n) is 6.05. The van der Waals surface area contributed by atoms with Crippen LogP contribution in [0, 0.1) is 5.82 Å². The van der Waals surface area contributed by atoms with Crippen molar-refractivity contribution in [3.63, 3.8) is 0 Å². The highest BCUT2D eigenvalue weighted by Crippen LogP contribution is 2.15. The number of guanidine groups is 1.